The summed E-state index contributed by atoms with van der Waals surface area (Å²) in [5.41, 5.74) is 0.790. The predicted molar refractivity (Wildman–Crippen MR) is 92.6 cm³/mol. The van der Waals surface area contributed by atoms with Crippen molar-refractivity contribution in [3.8, 4) is 17.4 Å². The molecular weight excluding hydrogens is 322 g/mol. The Labute approximate surface area is 143 Å². The largest absolute Gasteiger partial charge is 0.463 e. The average Bonchev–Trinajstić information content (AvgIpc) is 3.21. The Morgan fingerprint density at radius 1 is 1.40 bits per heavy atom. The van der Waals surface area contributed by atoms with Crippen LogP contribution in [0.4, 0.5) is 5.82 Å². The lowest BCUT2D eigenvalue weighted by Crippen LogP contribution is -2.18. The lowest BCUT2D eigenvalue weighted by atomic mass is 10.2. The van der Waals surface area contributed by atoms with Gasteiger partial charge in [0, 0.05) is 24.2 Å². The van der Waals surface area contributed by atoms with Gasteiger partial charge in [-0.1, -0.05) is 13.3 Å². The first-order valence-electron chi connectivity index (χ1n) is 8.09. The number of hydrogen-bond donors (Lipinski definition) is 2. The Kier molecular flexibility index (Phi) is 4.78. The number of furan rings is 1. The molecule has 0 fully saturated rings. The molecule has 0 aliphatic rings. The minimum atomic E-state index is -0.291. The van der Waals surface area contributed by atoms with Crippen molar-refractivity contribution < 1.29 is 9.21 Å². The Hall–Kier alpha value is -3.16. The highest BCUT2D eigenvalue weighted by atomic mass is 16.3. The van der Waals surface area contributed by atoms with Crippen LogP contribution in [0.3, 0.4) is 0 Å². The number of rotatable bonds is 6. The summed E-state index contributed by atoms with van der Waals surface area (Å²) in [6.45, 7) is 3.74. The van der Waals surface area contributed by atoms with E-state index in [2.05, 4.69) is 20.4 Å². The molecule has 1 amide bonds. The van der Waals surface area contributed by atoms with Gasteiger partial charge >= 0.3 is 0 Å². The van der Waals surface area contributed by atoms with E-state index >= 15 is 0 Å². The van der Waals surface area contributed by atoms with Crippen LogP contribution in [0.15, 0.2) is 39.7 Å². The van der Waals surface area contributed by atoms with Crippen LogP contribution in [0, 0.1) is 6.92 Å². The smallest absolute Gasteiger partial charge is 0.252 e. The predicted octanol–water partition coefficient (Wildman–Crippen LogP) is 2.65. The van der Waals surface area contributed by atoms with Crippen molar-refractivity contribution in [2.45, 2.75) is 33.1 Å². The van der Waals surface area contributed by atoms with E-state index in [9.17, 15) is 9.59 Å². The minimum absolute atomic E-state index is 0.121. The molecule has 0 aliphatic heterocycles. The molecule has 3 aromatic rings. The van der Waals surface area contributed by atoms with Crippen LogP contribution < -0.4 is 10.9 Å². The van der Waals surface area contributed by atoms with E-state index in [1.807, 2.05) is 6.92 Å². The molecule has 0 saturated heterocycles. The van der Waals surface area contributed by atoms with E-state index < -0.39 is 0 Å². The lowest BCUT2D eigenvalue weighted by molar-refractivity contribution is -0.116. The Morgan fingerprint density at radius 3 is 2.92 bits per heavy atom. The van der Waals surface area contributed by atoms with Gasteiger partial charge in [-0.2, -0.15) is 9.78 Å². The number of amides is 1. The number of nitrogens with zero attached hydrogens (tertiary/aromatic N) is 3. The highest BCUT2D eigenvalue weighted by Gasteiger charge is 2.16. The molecule has 2 N–H and O–H groups in total. The third-order valence-corrected chi connectivity index (χ3v) is 3.57. The minimum Gasteiger partial charge on any atom is -0.463 e. The summed E-state index contributed by atoms with van der Waals surface area (Å²) < 4.78 is 6.76. The van der Waals surface area contributed by atoms with Crippen LogP contribution >= 0.6 is 0 Å². The number of nitrogens with one attached hydrogen (secondary N) is 2. The van der Waals surface area contributed by atoms with Crippen molar-refractivity contribution in [1.82, 2.24) is 19.7 Å². The summed E-state index contributed by atoms with van der Waals surface area (Å²) in [5, 5.41) is 7.24. The Morgan fingerprint density at radius 2 is 2.24 bits per heavy atom. The maximum absolute atomic E-state index is 12.1. The number of aromatic amines is 1. The molecule has 3 aromatic heterocycles. The van der Waals surface area contributed by atoms with Crippen molar-refractivity contribution in [2.75, 3.05) is 5.32 Å². The van der Waals surface area contributed by atoms with Crippen LogP contribution in [0.1, 0.15) is 31.9 Å². The number of hydrogen-bond acceptors (Lipinski definition) is 5. The summed E-state index contributed by atoms with van der Waals surface area (Å²) >= 11 is 0. The van der Waals surface area contributed by atoms with Crippen LogP contribution in [0.5, 0.6) is 0 Å². The number of anilines is 1. The molecule has 0 aliphatic carbocycles. The van der Waals surface area contributed by atoms with Gasteiger partial charge in [-0.05, 0) is 25.5 Å². The number of unbranched alkanes of at least 4 members (excludes halogenated alkanes) is 1. The first kappa shape index (κ1) is 16.7. The number of carbonyl (C=O) groups is 1. The zero-order chi connectivity index (χ0) is 17.8. The van der Waals surface area contributed by atoms with Crippen LogP contribution in [-0.2, 0) is 4.79 Å². The van der Waals surface area contributed by atoms with E-state index in [0.29, 0.717) is 29.4 Å². The fraction of sp³-hybridized carbons (Fsp3) is 0.294. The van der Waals surface area contributed by atoms with Crippen molar-refractivity contribution in [1.29, 1.82) is 0 Å². The van der Waals surface area contributed by atoms with Gasteiger partial charge in [0.15, 0.2) is 5.76 Å². The van der Waals surface area contributed by atoms with Crippen molar-refractivity contribution in [3.05, 3.63) is 46.6 Å². The fourth-order valence-corrected chi connectivity index (χ4v) is 2.38. The van der Waals surface area contributed by atoms with Gasteiger partial charge in [-0.25, -0.2) is 4.98 Å². The van der Waals surface area contributed by atoms with E-state index in [4.69, 9.17) is 4.42 Å². The highest BCUT2D eigenvalue weighted by molar-refractivity contribution is 5.90. The van der Waals surface area contributed by atoms with Crippen LogP contribution in [-0.4, -0.2) is 25.7 Å². The maximum Gasteiger partial charge on any atom is 0.252 e. The molecule has 0 aromatic carbocycles. The summed E-state index contributed by atoms with van der Waals surface area (Å²) in [7, 11) is 0. The molecule has 0 unspecified atom stereocenters. The highest BCUT2D eigenvalue weighted by Crippen LogP contribution is 2.24. The molecule has 25 heavy (non-hydrogen) atoms. The number of H-pyrrole nitrogens is 1. The van der Waals surface area contributed by atoms with Gasteiger partial charge in [-0.3, -0.25) is 14.6 Å². The molecule has 8 heteroatoms. The zero-order valence-electron chi connectivity index (χ0n) is 14.1. The van der Waals surface area contributed by atoms with E-state index in [1.165, 1.54) is 10.7 Å². The van der Waals surface area contributed by atoms with Gasteiger partial charge in [0.25, 0.3) is 5.56 Å². The second-order valence-electron chi connectivity index (χ2n) is 5.67. The number of carbonyl (C=O) groups excluding carboxylic acids is 1. The fourth-order valence-electron chi connectivity index (χ4n) is 2.38. The first-order valence-corrected chi connectivity index (χ1v) is 8.09. The quantitative estimate of drug-likeness (QED) is 0.717. The summed E-state index contributed by atoms with van der Waals surface area (Å²) in [6.07, 6.45) is 3.68. The van der Waals surface area contributed by atoms with E-state index in [-0.39, 0.29) is 17.4 Å². The number of aromatic nitrogens is 4. The average molecular weight is 341 g/mol. The summed E-state index contributed by atoms with van der Waals surface area (Å²) in [6, 6.07) is 6.59. The van der Waals surface area contributed by atoms with Crippen molar-refractivity contribution in [3.63, 3.8) is 0 Å². The van der Waals surface area contributed by atoms with Crippen molar-refractivity contribution in [2.24, 2.45) is 0 Å². The second-order valence-corrected chi connectivity index (χ2v) is 5.67. The first-order chi connectivity index (χ1) is 12.1. The molecule has 0 radical (unpaired) electrons. The number of aryl methyl sites for hydroxylation is 1. The van der Waals surface area contributed by atoms with Gasteiger partial charge in [0.1, 0.15) is 11.5 Å². The normalized spacial score (nSPS) is 10.8. The monoisotopic (exact) mass is 341 g/mol. The SMILES string of the molecule is CCCCC(=O)Nc1cc(-c2ccco2)nn1-c1nc(C)cc(=O)[nH]1. The molecule has 3 heterocycles. The standard InChI is InChI=1S/C17H19N5O3/c1-3-4-7-15(23)19-14-10-12(13-6-5-8-25-13)21-22(14)17-18-11(2)9-16(24)20-17/h5-6,8-10H,3-4,7H2,1-2H3,(H,19,23)(H,18,20,24). The molecule has 0 atom stereocenters. The molecule has 8 nitrogen and oxygen atoms in total. The third kappa shape index (κ3) is 3.85. The molecule has 3 rings (SSSR count). The van der Waals surface area contributed by atoms with E-state index in [0.717, 1.165) is 12.8 Å². The molecular formula is C17H19N5O3. The molecule has 0 spiro atoms. The van der Waals surface area contributed by atoms with Crippen molar-refractivity contribution >= 4 is 11.7 Å². The topological polar surface area (TPSA) is 106 Å². The maximum atomic E-state index is 12.1. The van der Waals surface area contributed by atoms with Crippen LogP contribution in [0.2, 0.25) is 0 Å². The van der Waals surface area contributed by atoms with Gasteiger partial charge in [0.2, 0.25) is 11.9 Å². The lowest BCUT2D eigenvalue weighted by Gasteiger charge is -2.08. The molecule has 0 saturated carbocycles. The summed E-state index contributed by atoms with van der Waals surface area (Å²) in [5.74, 6) is 1.08. The van der Waals surface area contributed by atoms with Gasteiger partial charge in [0.05, 0.1) is 6.26 Å². The zero-order valence-corrected chi connectivity index (χ0v) is 14.1. The second kappa shape index (κ2) is 7.16. The van der Waals surface area contributed by atoms with E-state index in [1.54, 1.807) is 31.4 Å². The van der Waals surface area contributed by atoms with Gasteiger partial charge in [-0.15, -0.1) is 0 Å². The van der Waals surface area contributed by atoms with Gasteiger partial charge < -0.3 is 9.73 Å². The third-order valence-electron chi connectivity index (χ3n) is 3.57. The Bertz CT molecular complexity index is 924. The molecule has 130 valence electrons. The summed E-state index contributed by atoms with van der Waals surface area (Å²) in [4.78, 5) is 30.8. The molecule has 0 bridgehead atoms. The van der Waals surface area contributed by atoms with Crippen LogP contribution in [0.25, 0.3) is 17.4 Å². The Balaban J connectivity index is 2.02.